The Bertz CT molecular complexity index is 331. The lowest BCUT2D eigenvalue weighted by atomic mass is 10.0. The SMILES string of the molecule is NCC[C@H](N)c1c(F)ccc(Cl)c1F. The Morgan fingerprint density at radius 1 is 1.36 bits per heavy atom. The van der Waals surface area contributed by atoms with Crippen LogP contribution in [0.4, 0.5) is 8.78 Å². The van der Waals surface area contributed by atoms with Gasteiger partial charge in [-0.15, -0.1) is 0 Å². The Balaban J connectivity index is 3.11. The zero-order valence-electron chi connectivity index (χ0n) is 7.43. The van der Waals surface area contributed by atoms with Crippen molar-refractivity contribution in [1.82, 2.24) is 0 Å². The van der Waals surface area contributed by atoms with Gasteiger partial charge in [-0.3, -0.25) is 0 Å². The largest absolute Gasteiger partial charge is 0.330 e. The number of hydrogen-bond acceptors (Lipinski definition) is 2. The van der Waals surface area contributed by atoms with Crippen LogP contribution < -0.4 is 11.5 Å². The van der Waals surface area contributed by atoms with Gasteiger partial charge in [0.05, 0.1) is 5.02 Å². The van der Waals surface area contributed by atoms with E-state index < -0.39 is 17.7 Å². The summed E-state index contributed by atoms with van der Waals surface area (Å²) in [4.78, 5) is 0. The Morgan fingerprint density at radius 3 is 2.57 bits per heavy atom. The summed E-state index contributed by atoms with van der Waals surface area (Å²) in [6.45, 7) is 0.270. The van der Waals surface area contributed by atoms with E-state index in [9.17, 15) is 8.78 Å². The van der Waals surface area contributed by atoms with Gasteiger partial charge in [0.25, 0.3) is 0 Å². The normalized spacial score (nSPS) is 12.9. The molecule has 78 valence electrons. The Hall–Kier alpha value is -0.710. The molecule has 2 nitrogen and oxygen atoms in total. The van der Waals surface area contributed by atoms with Crippen LogP contribution in [0.1, 0.15) is 18.0 Å². The molecule has 0 aliphatic heterocycles. The van der Waals surface area contributed by atoms with E-state index in [4.69, 9.17) is 23.1 Å². The van der Waals surface area contributed by atoms with Crippen molar-refractivity contribution in [1.29, 1.82) is 0 Å². The van der Waals surface area contributed by atoms with Crippen molar-refractivity contribution in [2.75, 3.05) is 6.54 Å². The highest BCUT2D eigenvalue weighted by molar-refractivity contribution is 6.30. The van der Waals surface area contributed by atoms with Crippen LogP contribution in [-0.2, 0) is 0 Å². The average Bonchev–Trinajstić information content (AvgIpc) is 2.13. The van der Waals surface area contributed by atoms with E-state index in [0.717, 1.165) is 12.1 Å². The molecule has 0 fully saturated rings. The number of halogens is 3. The lowest BCUT2D eigenvalue weighted by Crippen LogP contribution is -2.18. The summed E-state index contributed by atoms with van der Waals surface area (Å²) in [5, 5.41) is -0.131. The van der Waals surface area contributed by atoms with E-state index in [1.54, 1.807) is 0 Å². The Morgan fingerprint density at radius 2 is 2.00 bits per heavy atom. The monoisotopic (exact) mass is 220 g/mol. The second-order valence-corrected chi connectivity index (χ2v) is 3.35. The van der Waals surface area contributed by atoms with Crippen LogP contribution >= 0.6 is 11.6 Å². The predicted octanol–water partition coefficient (Wildman–Crippen LogP) is 1.97. The van der Waals surface area contributed by atoms with Gasteiger partial charge in [-0.1, -0.05) is 11.6 Å². The van der Waals surface area contributed by atoms with Crippen molar-refractivity contribution in [3.05, 3.63) is 34.4 Å². The Labute approximate surface area is 85.8 Å². The molecular formula is C9H11ClF2N2. The molecule has 0 spiro atoms. The van der Waals surface area contributed by atoms with E-state index >= 15 is 0 Å². The van der Waals surface area contributed by atoms with E-state index in [2.05, 4.69) is 0 Å². The van der Waals surface area contributed by atoms with E-state index in [1.165, 1.54) is 0 Å². The van der Waals surface area contributed by atoms with Gasteiger partial charge in [0.1, 0.15) is 11.6 Å². The summed E-state index contributed by atoms with van der Waals surface area (Å²) in [6.07, 6.45) is 0.314. The fourth-order valence-corrected chi connectivity index (χ4v) is 1.37. The molecule has 0 unspecified atom stereocenters. The van der Waals surface area contributed by atoms with Crippen LogP contribution in [-0.4, -0.2) is 6.54 Å². The zero-order valence-corrected chi connectivity index (χ0v) is 8.19. The van der Waals surface area contributed by atoms with Crippen LogP contribution in [0, 0.1) is 11.6 Å². The molecule has 1 atom stereocenters. The summed E-state index contributed by atoms with van der Waals surface area (Å²) < 4.78 is 26.5. The van der Waals surface area contributed by atoms with Gasteiger partial charge in [-0.25, -0.2) is 8.78 Å². The van der Waals surface area contributed by atoms with Crippen molar-refractivity contribution in [3.63, 3.8) is 0 Å². The number of benzene rings is 1. The van der Waals surface area contributed by atoms with Crippen molar-refractivity contribution >= 4 is 11.6 Å². The van der Waals surface area contributed by atoms with Crippen molar-refractivity contribution in [2.45, 2.75) is 12.5 Å². The number of rotatable bonds is 3. The highest BCUT2D eigenvalue weighted by Crippen LogP contribution is 2.26. The molecule has 1 aromatic rings. The molecule has 0 aliphatic carbocycles. The predicted molar refractivity (Wildman–Crippen MR) is 52.0 cm³/mol. The fraction of sp³-hybridized carbons (Fsp3) is 0.333. The molecule has 0 radical (unpaired) electrons. The molecule has 14 heavy (non-hydrogen) atoms. The molecular weight excluding hydrogens is 210 g/mol. The molecule has 0 saturated heterocycles. The minimum atomic E-state index is -0.799. The summed E-state index contributed by atoms with van der Waals surface area (Å²) in [6, 6.07) is 1.50. The van der Waals surface area contributed by atoms with Crippen molar-refractivity contribution in [2.24, 2.45) is 11.5 Å². The van der Waals surface area contributed by atoms with Crippen LogP contribution in [0.25, 0.3) is 0 Å². The van der Waals surface area contributed by atoms with Gasteiger partial charge in [0.2, 0.25) is 0 Å². The molecule has 1 rings (SSSR count). The smallest absolute Gasteiger partial charge is 0.149 e. The maximum Gasteiger partial charge on any atom is 0.149 e. The third kappa shape index (κ3) is 2.20. The third-order valence-electron chi connectivity index (χ3n) is 1.93. The molecule has 0 amide bonds. The zero-order chi connectivity index (χ0) is 10.7. The van der Waals surface area contributed by atoms with Gasteiger partial charge in [-0.05, 0) is 25.1 Å². The molecule has 0 heterocycles. The summed E-state index contributed by atoms with van der Waals surface area (Å²) in [5.41, 5.74) is 10.6. The topological polar surface area (TPSA) is 52.0 Å². The van der Waals surface area contributed by atoms with Gasteiger partial charge in [-0.2, -0.15) is 0 Å². The standard InChI is InChI=1S/C9H11ClF2N2/c10-5-1-2-6(11)8(9(5)12)7(14)3-4-13/h1-2,7H,3-4,13-14H2/t7-/m0/s1. The van der Waals surface area contributed by atoms with Crippen LogP contribution in [0.2, 0.25) is 5.02 Å². The van der Waals surface area contributed by atoms with Crippen LogP contribution in [0.3, 0.4) is 0 Å². The maximum absolute atomic E-state index is 13.3. The second kappa shape index (κ2) is 4.68. The van der Waals surface area contributed by atoms with Gasteiger partial charge < -0.3 is 11.5 Å². The van der Waals surface area contributed by atoms with E-state index in [1.807, 2.05) is 0 Å². The lowest BCUT2D eigenvalue weighted by molar-refractivity contribution is 0.515. The van der Waals surface area contributed by atoms with E-state index in [0.29, 0.717) is 6.42 Å². The fourth-order valence-electron chi connectivity index (χ4n) is 1.21. The Kier molecular flexibility index (Phi) is 3.80. The highest BCUT2D eigenvalue weighted by Gasteiger charge is 2.18. The van der Waals surface area contributed by atoms with Crippen LogP contribution in [0.15, 0.2) is 12.1 Å². The molecule has 1 aromatic carbocycles. The molecule has 4 N–H and O–H groups in total. The molecule has 0 bridgehead atoms. The van der Waals surface area contributed by atoms with Gasteiger partial charge in [0, 0.05) is 11.6 Å². The van der Waals surface area contributed by atoms with Crippen LogP contribution in [0.5, 0.6) is 0 Å². The third-order valence-corrected chi connectivity index (χ3v) is 2.22. The minimum absolute atomic E-state index is 0.131. The first-order valence-corrected chi connectivity index (χ1v) is 4.54. The van der Waals surface area contributed by atoms with Gasteiger partial charge in [0.15, 0.2) is 0 Å². The summed E-state index contributed by atoms with van der Waals surface area (Å²) in [5.74, 6) is -1.49. The maximum atomic E-state index is 13.3. The highest BCUT2D eigenvalue weighted by atomic mass is 35.5. The first kappa shape index (κ1) is 11.4. The van der Waals surface area contributed by atoms with Gasteiger partial charge >= 0.3 is 0 Å². The number of hydrogen-bond donors (Lipinski definition) is 2. The number of nitrogens with two attached hydrogens (primary N) is 2. The summed E-state index contributed by atoms with van der Waals surface area (Å²) in [7, 11) is 0. The molecule has 0 aromatic heterocycles. The second-order valence-electron chi connectivity index (χ2n) is 2.94. The van der Waals surface area contributed by atoms with Crippen molar-refractivity contribution in [3.8, 4) is 0 Å². The molecule has 5 heteroatoms. The molecule has 0 aliphatic rings. The molecule has 0 saturated carbocycles. The minimum Gasteiger partial charge on any atom is -0.330 e. The van der Waals surface area contributed by atoms with Crippen molar-refractivity contribution < 1.29 is 8.78 Å². The summed E-state index contributed by atoms with van der Waals surface area (Å²) >= 11 is 5.50. The quantitative estimate of drug-likeness (QED) is 0.766. The lowest BCUT2D eigenvalue weighted by Gasteiger charge is -2.13. The average molecular weight is 221 g/mol. The van der Waals surface area contributed by atoms with E-state index in [-0.39, 0.29) is 17.1 Å². The first-order chi connectivity index (χ1) is 6.57. The first-order valence-electron chi connectivity index (χ1n) is 4.17.